The van der Waals surface area contributed by atoms with Crippen LogP contribution in [0.4, 0.5) is 0 Å². The molecule has 1 rings (SSSR count). The van der Waals surface area contributed by atoms with E-state index in [1.54, 1.807) is 0 Å². The van der Waals surface area contributed by atoms with Gasteiger partial charge in [0.1, 0.15) is 0 Å². The van der Waals surface area contributed by atoms with E-state index in [4.69, 9.17) is 20.3 Å². The molecule has 1 fully saturated rings. The third kappa shape index (κ3) is 15.0. The van der Waals surface area contributed by atoms with E-state index in [-0.39, 0.29) is 24.5 Å². The zero-order valence-corrected chi connectivity index (χ0v) is 15.9. The van der Waals surface area contributed by atoms with E-state index in [2.05, 4.69) is 95.7 Å². The Morgan fingerprint density at radius 3 is 1.53 bits per heavy atom. The van der Waals surface area contributed by atoms with Gasteiger partial charge in [0.25, 0.3) is 0 Å². The van der Waals surface area contributed by atoms with E-state index < -0.39 is 0 Å². The average molecular weight is 494 g/mol. The SMILES string of the molecule is CC(C)CC1C(COOOOOOO)CC1OOOOOOOOOOOOOOOO. The Labute approximate surface area is 174 Å². The monoisotopic (exact) mass is 494 g/mol. The standard InChI is InChI=1S/C9H18O23/c1-6(2)3-8-7(5-12-16-20-22-18-14-10)4-9(8)13-17-21-24-26-28-30-32-31-29-27-25-23-19-15-11/h6-11H,3-5H2,1-2H3. The summed E-state index contributed by atoms with van der Waals surface area (Å²) in [6.07, 6.45) is 0.852. The van der Waals surface area contributed by atoms with Gasteiger partial charge in [-0.3, -0.25) is 0 Å². The highest BCUT2D eigenvalue weighted by molar-refractivity contribution is 4.89. The molecule has 1 saturated carbocycles. The maximum atomic E-state index is 7.78. The van der Waals surface area contributed by atoms with Crippen LogP contribution in [0.15, 0.2) is 0 Å². The predicted molar refractivity (Wildman–Crippen MR) is 67.7 cm³/mol. The summed E-state index contributed by atoms with van der Waals surface area (Å²) in [6, 6.07) is 0. The van der Waals surface area contributed by atoms with Crippen LogP contribution in [-0.2, 0) is 106 Å². The highest BCUT2D eigenvalue weighted by atomic mass is 18.0. The molecule has 0 aliphatic heterocycles. The molecular formula is C9H18O23. The summed E-state index contributed by atoms with van der Waals surface area (Å²) in [6.45, 7) is 4.11. The van der Waals surface area contributed by atoms with Crippen molar-refractivity contribution in [3.63, 3.8) is 0 Å². The van der Waals surface area contributed by atoms with Crippen LogP contribution in [0.2, 0.25) is 0 Å². The van der Waals surface area contributed by atoms with Crippen LogP contribution in [0.1, 0.15) is 26.7 Å². The van der Waals surface area contributed by atoms with Crippen molar-refractivity contribution >= 4 is 0 Å². The van der Waals surface area contributed by atoms with Gasteiger partial charge in [0.15, 0.2) is 0 Å². The first-order chi connectivity index (χ1) is 15.7. The normalized spacial score (nSPS) is 20.7. The molecule has 3 atom stereocenters. The molecule has 2 N–H and O–H groups in total. The minimum absolute atomic E-state index is 0.00867. The molecule has 0 aromatic rings. The molecule has 32 heavy (non-hydrogen) atoms. The minimum Gasteiger partial charge on any atom is -0.219 e. The molecule has 0 amide bonds. The van der Waals surface area contributed by atoms with Crippen molar-refractivity contribution in [2.75, 3.05) is 6.61 Å². The zero-order valence-electron chi connectivity index (χ0n) is 15.9. The van der Waals surface area contributed by atoms with Gasteiger partial charge in [-0.05, 0) is 126 Å². The largest absolute Gasteiger partial charge is 0.219 e. The van der Waals surface area contributed by atoms with Gasteiger partial charge in [0, 0.05) is 0 Å². The molecule has 3 unspecified atom stereocenters. The zero-order chi connectivity index (χ0) is 23.3. The van der Waals surface area contributed by atoms with Crippen LogP contribution in [-0.4, -0.2) is 23.2 Å². The maximum Gasteiger partial charge on any atom is 0.0997 e. The Bertz CT molecular complexity index is 398. The number of hydrogen-bond acceptors (Lipinski definition) is 23. The third-order valence-corrected chi connectivity index (χ3v) is 3.33. The third-order valence-electron chi connectivity index (χ3n) is 3.33. The fourth-order valence-corrected chi connectivity index (χ4v) is 2.32. The summed E-state index contributed by atoms with van der Waals surface area (Å²) in [7, 11) is 0. The second kappa shape index (κ2) is 20.7. The lowest BCUT2D eigenvalue weighted by molar-refractivity contribution is -0.883. The molecule has 23 nitrogen and oxygen atoms in total. The summed E-state index contributed by atoms with van der Waals surface area (Å²) in [4.78, 5) is 9.72. The van der Waals surface area contributed by atoms with Crippen LogP contribution in [0.5, 0.6) is 0 Å². The van der Waals surface area contributed by atoms with Gasteiger partial charge in [-0.2, -0.15) is 0 Å². The van der Waals surface area contributed by atoms with Gasteiger partial charge in [0.2, 0.25) is 0 Å². The number of rotatable bonds is 24. The van der Waals surface area contributed by atoms with Crippen molar-refractivity contribution in [2.24, 2.45) is 17.8 Å². The first-order valence-electron chi connectivity index (χ1n) is 7.92. The molecule has 0 aromatic heterocycles. The van der Waals surface area contributed by atoms with Crippen LogP contribution >= 0.6 is 0 Å². The van der Waals surface area contributed by atoms with Crippen LogP contribution in [0.3, 0.4) is 0 Å². The van der Waals surface area contributed by atoms with E-state index in [0.29, 0.717) is 12.3 Å². The van der Waals surface area contributed by atoms with Gasteiger partial charge in [-0.15, -0.1) is 0 Å². The Morgan fingerprint density at radius 2 is 1.06 bits per heavy atom. The predicted octanol–water partition coefficient (Wildman–Crippen LogP) is 0.717. The molecule has 0 heterocycles. The first kappa shape index (κ1) is 29.1. The summed E-state index contributed by atoms with van der Waals surface area (Å²) < 4.78 is 0. The molecule has 1 aliphatic rings. The highest BCUT2D eigenvalue weighted by Gasteiger charge is 2.43. The van der Waals surface area contributed by atoms with Crippen molar-refractivity contribution in [3.8, 4) is 0 Å². The van der Waals surface area contributed by atoms with Crippen molar-refractivity contribution in [1.82, 2.24) is 0 Å². The molecule has 0 bridgehead atoms. The fourth-order valence-electron chi connectivity index (χ4n) is 2.32. The summed E-state index contributed by atoms with van der Waals surface area (Å²) in [5.41, 5.74) is 0. The van der Waals surface area contributed by atoms with E-state index in [0.717, 1.165) is 6.42 Å². The lowest BCUT2D eigenvalue weighted by Gasteiger charge is -2.42. The maximum absolute atomic E-state index is 7.78. The Hall–Kier alpha value is -0.920. The molecule has 0 radical (unpaired) electrons. The second-order valence-electron chi connectivity index (χ2n) is 5.51. The lowest BCUT2D eigenvalue weighted by atomic mass is 9.68. The van der Waals surface area contributed by atoms with E-state index in [1.165, 1.54) is 0 Å². The van der Waals surface area contributed by atoms with E-state index >= 15 is 0 Å². The van der Waals surface area contributed by atoms with Gasteiger partial charge in [0.05, 0.1) is 12.7 Å². The topological polar surface area (TPSA) is 234 Å². The smallest absolute Gasteiger partial charge is 0.0997 e. The molecule has 1 aliphatic carbocycles. The van der Waals surface area contributed by atoms with E-state index in [1.807, 2.05) is 13.8 Å². The van der Waals surface area contributed by atoms with Gasteiger partial charge in [-0.1, -0.05) is 13.8 Å². The van der Waals surface area contributed by atoms with Crippen molar-refractivity contribution in [2.45, 2.75) is 32.8 Å². The lowest BCUT2D eigenvalue weighted by Crippen LogP contribution is -2.46. The van der Waals surface area contributed by atoms with E-state index in [9.17, 15) is 0 Å². The second-order valence-corrected chi connectivity index (χ2v) is 5.51. The Balaban J connectivity index is 1.95. The van der Waals surface area contributed by atoms with Gasteiger partial charge < -0.3 is 0 Å². The molecular weight excluding hydrogens is 476 g/mol. The van der Waals surface area contributed by atoms with Gasteiger partial charge in [-0.25, -0.2) is 20.3 Å². The molecule has 0 spiro atoms. The first-order valence-corrected chi connectivity index (χ1v) is 7.92. The summed E-state index contributed by atoms with van der Waals surface area (Å²) in [5, 5.41) is 84.3. The average Bonchev–Trinajstić information content (AvgIpc) is 2.77. The number of hydrogen-bond donors (Lipinski definition) is 2. The molecule has 0 aromatic carbocycles. The van der Waals surface area contributed by atoms with Crippen LogP contribution in [0, 0.1) is 17.8 Å². The summed E-state index contributed by atoms with van der Waals surface area (Å²) in [5.74, 6) is 0.328. The Kier molecular flexibility index (Phi) is 18.8. The van der Waals surface area contributed by atoms with Crippen molar-refractivity contribution in [1.29, 1.82) is 0 Å². The van der Waals surface area contributed by atoms with Crippen LogP contribution in [0.25, 0.3) is 0 Å². The van der Waals surface area contributed by atoms with Crippen LogP contribution < -0.4 is 0 Å². The quantitative estimate of drug-likeness (QED) is 0.107. The van der Waals surface area contributed by atoms with Crippen molar-refractivity contribution < 1.29 is 116 Å². The fraction of sp³-hybridized carbons (Fsp3) is 1.00. The molecule has 0 saturated heterocycles. The summed E-state index contributed by atoms with van der Waals surface area (Å²) >= 11 is 0. The molecule has 192 valence electrons. The van der Waals surface area contributed by atoms with Crippen molar-refractivity contribution in [3.05, 3.63) is 0 Å². The minimum atomic E-state index is -0.385. The Morgan fingerprint density at radius 1 is 0.625 bits per heavy atom. The van der Waals surface area contributed by atoms with Gasteiger partial charge >= 0.3 is 0 Å². The molecule has 23 heteroatoms. The highest BCUT2D eigenvalue weighted by Crippen LogP contribution is 2.41.